The number of hydrogen-bond acceptors (Lipinski definition) is 8. The van der Waals surface area contributed by atoms with Crippen LogP contribution in [0.15, 0.2) is 34.9 Å². The van der Waals surface area contributed by atoms with Crippen LogP contribution in [0.5, 0.6) is 5.75 Å². The summed E-state index contributed by atoms with van der Waals surface area (Å²) in [7, 11) is 1.36. The van der Waals surface area contributed by atoms with Crippen LogP contribution in [0.25, 0.3) is 0 Å². The highest BCUT2D eigenvalue weighted by Crippen LogP contribution is 2.36. The zero-order valence-corrected chi connectivity index (χ0v) is 23.8. The molecule has 2 aromatic heterocycles. The lowest BCUT2D eigenvalue weighted by atomic mass is 9.99. The second kappa shape index (κ2) is 13.4. The van der Waals surface area contributed by atoms with Crippen LogP contribution >= 0.6 is 0 Å². The molecule has 1 saturated heterocycles. The molecule has 0 unspecified atom stereocenters. The van der Waals surface area contributed by atoms with Crippen molar-refractivity contribution in [2.45, 2.75) is 70.4 Å². The van der Waals surface area contributed by atoms with Gasteiger partial charge in [-0.25, -0.2) is 14.4 Å². The Hall–Kier alpha value is -3.50. The summed E-state index contributed by atoms with van der Waals surface area (Å²) < 4.78 is 32.0. The van der Waals surface area contributed by atoms with E-state index in [1.807, 2.05) is 4.90 Å². The number of fused-ring (bicyclic) bond motifs is 1. The van der Waals surface area contributed by atoms with E-state index in [1.54, 1.807) is 19.2 Å². The first kappa shape index (κ1) is 29.0. The molecule has 2 N–H and O–H groups in total. The third kappa shape index (κ3) is 7.23. The second-order valence-electron chi connectivity index (χ2n) is 10.9. The van der Waals surface area contributed by atoms with Crippen molar-refractivity contribution in [3.8, 4) is 5.75 Å². The number of hydrogen-bond donors (Lipinski definition) is 2. The van der Waals surface area contributed by atoms with Crippen LogP contribution in [0, 0.1) is 12.7 Å². The summed E-state index contributed by atoms with van der Waals surface area (Å²) >= 11 is 0. The number of nitrogens with one attached hydrogen (secondary N) is 1. The summed E-state index contributed by atoms with van der Waals surface area (Å²) in [4.78, 5) is 23.2. The number of nitrogens with zero attached hydrogens (tertiary/aromatic N) is 3. The second-order valence-corrected chi connectivity index (χ2v) is 10.9. The van der Waals surface area contributed by atoms with E-state index in [4.69, 9.17) is 18.9 Å². The van der Waals surface area contributed by atoms with Gasteiger partial charge in [-0.15, -0.1) is 0 Å². The van der Waals surface area contributed by atoms with Gasteiger partial charge in [0.15, 0.2) is 17.5 Å². The zero-order valence-electron chi connectivity index (χ0n) is 23.8. The average molecular weight is 567 g/mol. The van der Waals surface area contributed by atoms with Gasteiger partial charge in [0.1, 0.15) is 17.6 Å². The maximum atomic E-state index is 15.0. The fraction of sp³-hybridized carbons (Fsp3) is 0.516. The van der Waals surface area contributed by atoms with Crippen LogP contribution in [0.4, 0.5) is 10.2 Å². The first-order valence-corrected chi connectivity index (χ1v) is 14.5. The van der Waals surface area contributed by atoms with Gasteiger partial charge in [-0.2, -0.15) is 0 Å². The zero-order chi connectivity index (χ0) is 28.8. The fourth-order valence-corrected chi connectivity index (χ4v) is 5.84. The number of ether oxygens (including phenoxy) is 2. The number of methoxy groups -OCH3 is 1. The Morgan fingerprint density at radius 1 is 1.29 bits per heavy atom. The number of carboxylic acid groups (broad SMARTS) is 1. The van der Waals surface area contributed by atoms with Crippen molar-refractivity contribution in [1.82, 2.24) is 14.9 Å². The van der Waals surface area contributed by atoms with Crippen molar-refractivity contribution >= 4 is 11.8 Å². The molecule has 1 fully saturated rings. The predicted octanol–water partition coefficient (Wildman–Crippen LogP) is 5.10. The third-order valence-electron chi connectivity index (χ3n) is 7.84. The Morgan fingerprint density at radius 2 is 2.17 bits per heavy atom. The minimum Gasteiger partial charge on any atom is -0.493 e. The van der Waals surface area contributed by atoms with Crippen LogP contribution in [-0.2, 0) is 28.8 Å². The van der Waals surface area contributed by atoms with E-state index in [1.165, 1.54) is 18.7 Å². The molecule has 2 aliphatic heterocycles. The molecule has 1 aromatic carbocycles. The molecule has 0 amide bonds. The number of unbranched alkanes of at least 4 members (excludes halogenated alkanes) is 2. The summed E-state index contributed by atoms with van der Waals surface area (Å²) in [6, 6.07) is 6.33. The maximum Gasteiger partial charge on any atom is 0.325 e. The molecule has 10 heteroatoms. The number of aromatic nitrogens is 2. The van der Waals surface area contributed by atoms with Crippen LogP contribution in [0.2, 0.25) is 0 Å². The van der Waals surface area contributed by atoms with Gasteiger partial charge in [-0.1, -0.05) is 12.5 Å². The van der Waals surface area contributed by atoms with Gasteiger partial charge in [0.2, 0.25) is 0 Å². The largest absolute Gasteiger partial charge is 0.493 e. The van der Waals surface area contributed by atoms with Crippen molar-refractivity contribution < 1.29 is 28.2 Å². The van der Waals surface area contributed by atoms with E-state index < -0.39 is 17.8 Å². The third-order valence-corrected chi connectivity index (χ3v) is 7.84. The Morgan fingerprint density at radius 3 is 2.95 bits per heavy atom. The molecule has 0 bridgehead atoms. The topological polar surface area (TPSA) is 110 Å². The van der Waals surface area contributed by atoms with Crippen molar-refractivity contribution in [3.05, 3.63) is 70.3 Å². The van der Waals surface area contributed by atoms with E-state index in [0.29, 0.717) is 43.3 Å². The number of anilines is 1. The van der Waals surface area contributed by atoms with E-state index in [0.717, 1.165) is 63.0 Å². The minimum atomic E-state index is -1.05. The molecule has 4 heterocycles. The van der Waals surface area contributed by atoms with Gasteiger partial charge in [0, 0.05) is 50.8 Å². The molecule has 0 spiro atoms. The number of benzene rings is 1. The van der Waals surface area contributed by atoms with Crippen LogP contribution in [0.1, 0.15) is 72.2 Å². The molecule has 0 aliphatic carbocycles. The monoisotopic (exact) mass is 566 g/mol. The standard InChI is InChI=1S/C31H39FN4O5/c1-20-34-18-25(41-20)15-21-16-26(29(39-2)27(32)17-21)28(31(37)38)36-13-11-24(19-36)40-14-5-3-4-8-23-10-9-22-7-6-12-33-30(22)35-23/h9-10,16-18,24,28H,3-8,11-15,19H2,1-2H3,(H,33,35)(H,37,38)/t24-,28+/m1/s1. The van der Waals surface area contributed by atoms with Crippen LogP contribution in [-0.4, -0.2) is 65.4 Å². The highest BCUT2D eigenvalue weighted by atomic mass is 19.1. The molecule has 3 aromatic rings. The van der Waals surface area contributed by atoms with Gasteiger partial charge in [0.05, 0.1) is 19.4 Å². The Bertz CT molecular complexity index is 1350. The number of oxazole rings is 1. The number of carboxylic acids is 1. The smallest absolute Gasteiger partial charge is 0.325 e. The Kier molecular flexibility index (Phi) is 9.51. The highest BCUT2D eigenvalue weighted by Gasteiger charge is 2.36. The molecule has 0 radical (unpaired) electrons. The molecule has 220 valence electrons. The maximum absolute atomic E-state index is 15.0. The van der Waals surface area contributed by atoms with Crippen LogP contribution in [0.3, 0.4) is 0 Å². The van der Waals surface area contributed by atoms with Gasteiger partial charge in [-0.3, -0.25) is 9.69 Å². The Balaban J connectivity index is 1.13. The summed E-state index contributed by atoms with van der Waals surface area (Å²) in [6.07, 6.45) is 8.76. The number of halogens is 1. The van der Waals surface area contributed by atoms with Crippen molar-refractivity contribution in [2.24, 2.45) is 0 Å². The van der Waals surface area contributed by atoms with Gasteiger partial charge >= 0.3 is 5.97 Å². The summed E-state index contributed by atoms with van der Waals surface area (Å²) in [5.41, 5.74) is 3.31. The van der Waals surface area contributed by atoms with Gasteiger partial charge < -0.3 is 24.3 Å². The molecule has 9 nitrogen and oxygen atoms in total. The normalized spacial score (nSPS) is 17.7. The lowest BCUT2D eigenvalue weighted by Crippen LogP contribution is -2.34. The lowest BCUT2D eigenvalue weighted by molar-refractivity contribution is -0.143. The molecule has 0 saturated carbocycles. The first-order chi connectivity index (χ1) is 19.9. The summed E-state index contributed by atoms with van der Waals surface area (Å²) in [5, 5.41) is 13.6. The number of aryl methyl sites for hydroxylation is 3. The predicted molar refractivity (Wildman–Crippen MR) is 152 cm³/mol. The van der Waals surface area contributed by atoms with Gasteiger partial charge in [0.25, 0.3) is 0 Å². The lowest BCUT2D eigenvalue weighted by Gasteiger charge is -2.26. The molecular formula is C31H39FN4O5. The number of pyridine rings is 1. The van der Waals surface area contributed by atoms with Gasteiger partial charge in [-0.05, 0) is 67.9 Å². The van der Waals surface area contributed by atoms with E-state index >= 15 is 4.39 Å². The minimum absolute atomic E-state index is 0.0523. The summed E-state index contributed by atoms with van der Waals surface area (Å²) in [5.74, 6) is 0.432. The average Bonchev–Trinajstić information content (AvgIpc) is 3.59. The van der Waals surface area contributed by atoms with Crippen molar-refractivity contribution in [1.29, 1.82) is 0 Å². The number of likely N-dealkylation sites (tertiary alicyclic amines) is 1. The fourth-order valence-electron chi connectivity index (χ4n) is 5.84. The molecule has 41 heavy (non-hydrogen) atoms. The van der Waals surface area contributed by atoms with Crippen molar-refractivity contribution in [3.63, 3.8) is 0 Å². The van der Waals surface area contributed by atoms with E-state index in [9.17, 15) is 9.90 Å². The number of carbonyl (C=O) groups is 1. The highest BCUT2D eigenvalue weighted by molar-refractivity contribution is 5.77. The quantitative estimate of drug-likeness (QED) is 0.273. The first-order valence-electron chi connectivity index (χ1n) is 14.5. The molecular weight excluding hydrogens is 527 g/mol. The van der Waals surface area contributed by atoms with E-state index in [2.05, 4.69) is 22.4 Å². The van der Waals surface area contributed by atoms with Crippen molar-refractivity contribution in [2.75, 3.05) is 38.7 Å². The molecule has 2 atom stereocenters. The number of rotatable bonds is 13. The summed E-state index contributed by atoms with van der Waals surface area (Å²) in [6.45, 7) is 4.35. The SMILES string of the molecule is COc1c(F)cc(Cc2cnc(C)o2)cc1[C@@H](C(=O)O)N1CC[C@@H](OCCCCCc2ccc3c(n2)NCCC3)C1. The molecule has 2 aliphatic rings. The van der Waals surface area contributed by atoms with E-state index in [-0.39, 0.29) is 17.4 Å². The van der Waals surface area contributed by atoms with Crippen LogP contribution < -0.4 is 10.1 Å². The molecule has 5 rings (SSSR count). The Labute approximate surface area is 240 Å². The number of aliphatic carboxylic acids is 1.